The largest absolute Gasteiger partial charge is 0.395 e. The Labute approximate surface area is 120 Å². The average Bonchev–Trinajstić information content (AvgIpc) is 2.46. The van der Waals surface area contributed by atoms with Gasteiger partial charge in [0.2, 0.25) is 0 Å². The standard InChI is InChI=1S/C16H22N2O2/c1-3-4-8-13(2)18-16(20)15-14(9-5-6-12-19)10-7-11-17-15/h7,10-11,13,19H,3-4,6,8,12H2,1-2H3,(H,18,20). The third-order valence-corrected chi connectivity index (χ3v) is 2.85. The van der Waals surface area contributed by atoms with Crippen molar-refractivity contribution >= 4 is 5.91 Å². The lowest BCUT2D eigenvalue weighted by Gasteiger charge is -2.13. The van der Waals surface area contributed by atoms with E-state index in [4.69, 9.17) is 5.11 Å². The Kier molecular flexibility index (Phi) is 7.38. The van der Waals surface area contributed by atoms with Gasteiger partial charge < -0.3 is 10.4 Å². The van der Waals surface area contributed by atoms with Crippen molar-refractivity contribution in [3.05, 3.63) is 29.6 Å². The molecule has 1 rings (SSSR count). The molecule has 1 atom stereocenters. The zero-order chi connectivity index (χ0) is 14.8. The summed E-state index contributed by atoms with van der Waals surface area (Å²) in [6, 6.07) is 3.64. The summed E-state index contributed by atoms with van der Waals surface area (Å²) in [4.78, 5) is 16.3. The summed E-state index contributed by atoms with van der Waals surface area (Å²) in [5.74, 6) is 5.50. The van der Waals surface area contributed by atoms with Crippen LogP contribution >= 0.6 is 0 Å². The lowest BCUT2D eigenvalue weighted by molar-refractivity contribution is 0.0932. The zero-order valence-electron chi connectivity index (χ0n) is 12.1. The molecule has 4 nitrogen and oxygen atoms in total. The van der Waals surface area contributed by atoms with Gasteiger partial charge in [0.15, 0.2) is 0 Å². The van der Waals surface area contributed by atoms with Gasteiger partial charge in [-0.25, -0.2) is 4.98 Å². The first-order valence-corrected chi connectivity index (χ1v) is 7.04. The smallest absolute Gasteiger partial charge is 0.271 e. The maximum Gasteiger partial charge on any atom is 0.271 e. The Bertz CT molecular complexity index is 489. The Hall–Kier alpha value is -1.86. The molecule has 2 N–H and O–H groups in total. The van der Waals surface area contributed by atoms with Crippen molar-refractivity contribution in [3.63, 3.8) is 0 Å². The quantitative estimate of drug-likeness (QED) is 0.781. The van der Waals surface area contributed by atoms with Crippen LogP contribution in [0.25, 0.3) is 0 Å². The second-order valence-electron chi connectivity index (χ2n) is 4.69. The first-order valence-electron chi connectivity index (χ1n) is 7.04. The SMILES string of the molecule is CCCCC(C)NC(=O)c1ncccc1C#CCCO. The van der Waals surface area contributed by atoms with Crippen molar-refractivity contribution < 1.29 is 9.90 Å². The van der Waals surface area contributed by atoms with Crippen LogP contribution in [0.15, 0.2) is 18.3 Å². The second-order valence-corrected chi connectivity index (χ2v) is 4.69. The summed E-state index contributed by atoms with van der Waals surface area (Å²) >= 11 is 0. The van der Waals surface area contributed by atoms with Gasteiger partial charge >= 0.3 is 0 Å². The van der Waals surface area contributed by atoms with Crippen molar-refractivity contribution in [1.29, 1.82) is 0 Å². The van der Waals surface area contributed by atoms with E-state index in [9.17, 15) is 4.79 Å². The number of rotatable bonds is 6. The Morgan fingerprint density at radius 1 is 1.55 bits per heavy atom. The van der Waals surface area contributed by atoms with E-state index >= 15 is 0 Å². The highest BCUT2D eigenvalue weighted by Crippen LogP contribution is 2.06. The summed E-state index contributed by atoms with van der Waals surface area (Å²) in [5, 5.41) is 11.7. The summed E-state index contributed by atoms with van der Waals surface area (Å²) in [6.07, 6.45) is 5.14. The molecule has 4 heteroatoms. The number of nitrogens with one attached hydrogen (secondary N) is 1. The van der Waals surface area contributed by atoms with Crippen LogP contribution in [-0.4, -0.2) is 28.6 Å². The Balaban J connectivity index is 2.75. The highest BCUT2D eigenvalue weighted by atomic mass is 16.2. The fourth-order valence-electron chi connectivity index (χ4n) is 1.78. The molecule has 0 saturated carbocycles. The van der Waals surface area contributed by atoms with E-state index in [-0.39, 0.29) is 18.6 Å². The summed E-state index contributed by atoms with van der Waals surface area (Å²) < 4.78 is 0. The number of aromatic nitrogens is 1. The minimum absolute atomic E-state index is 0.0167. The number of hydrogen-bond donors (Lipinski definition) is 2. The van der Waals surface area contributed by atoms with Gasteiger partial charge in [-0.3, -0.25) is 4.79 Å². The van der Waals surface area contributed by atoms with E-state index in [1.165, 1.54) is 0 Å². The Morgan fingerprint density at radius 3 is 3.05 bits per heavy atom. The van der Waals surface area contributed by atoms with Crippen molar-refractivity contribution in [1.82, 2.24) is 10.3 Å². The minimum Gasteiger partial charge on any atom is -0.395 e. The topological polar surface area (TPSA) is 62.2 Å². The normalized spacial score (nSPS) is 11.3. The summed E-state index contributed by atoms with van der Waals surface area (Å²) in [6.45, 7) is 4.14. The lowest BCUT2D eigenvalue weighted by atomic mass is 10.1. The van der Waals surface area contributed by atoms with Crippen LogP contribution in [0, 0.1) is 11.8 Å². The Morgan fingerprint density at radius 2 is 2.35 bits per heavy atom. The maximum atomic E-state index is 12.2. The number of nitrogens with zero attached hydrogens (tertiary/aromatic N) is 1. The van der Waals surface area contributed by atoms with Gasteiger partial charge in [0.1, 0.15) is 5.69 Å². The monoisotopic (exact) mass is 274 g/mol. The molecule has 0 aliphatic heterocycles. The van der Waals surface area contributed by atoms with Crippen LogP contribution in [0.4, 0.5) is 0 Å². The molecule has 108 valence electrons. The lowest BCUT2D eigenvalue weighted by Crippen LogP contribution is -2.33. The van der Waals surface area contributed by atoms with E-state index in [0.717, 1.165) is 19.3 Å². The summed E-state index contributed by atoms with van der Waals surface area (Å²) in [5.41, 5.74) is 0.947. The van der Waals surface area contributed by atoms with Gasteiger partial charge in [0, 0.05) is 18.7 Å². The number of aliphatic hydroxyl groups excluding tert-OH is 1. The molecule has 0 aliphatic rings. The number of amides is 1. The van der Waals surface area contributed by atoms with Gasteiger partial charge in [0.25, 0.3) is 5.91 Å². The molecule has 0 bridgehead atoms. The first-order chi connectivity index (χ1) is 9.69. The van der Waals surface area contributed by atoms with Crippen molar-refractivity contribution in [2.24, 2.45) is 0 Å². The minimum atomic E-state index is -0.192. The zero-order valence-corrected chi connectivity index (χ0v) is 12.1. The highest BCUT2D eigenvalue weighted by molar-refractivity contribution is 5.94. The molecule has 1 heterocycles. The van der Waals surface area contributed by atoms with Gasteiger partial charge in [-0.05, 0) is 25.5 Å². The van der Waals surface area contributed by atoms with Crippen LogP contribution in [0.3, 0.4) is 0 Å². The fourth-order valence-corrected chi connectivity index (χ4v) is 1.78. The molecular formula is C16H22N2O2. The molecule has 0 aromatic carbocycles. The molecule has 0 saturated heterocycles. The third-order valence-electron chi connectivity index (χ3n) is 2.85. The van der Waals surface area contributed by atoms with Gasteiger partial charge in [-0.15, -0.1) is 0 Å². The van der Waals surface area contributed by atoms with Gasteiger partial charge in [-0.2, -0.15) is 0 Å². The van der Waals surface area contributed by atoms with E-state index in [1.54, 1.807) is 18.3 Å². The van der Waals surface area contributed by atoms with Crippen LogP contribution in [-0.2, 0) is 0 Å². The van der Waals surface area contributed by atoms with Gasteiger partial charge in [-0.1, -0.05) is 31.6 Å². The van der Waals surface area contributed by atoms with E-state index < -0.39 is 0 Å². The van der Waals surface area contributed by atoms with Crippen LogP contribution in [0.1, 0.15) is 55.6 Å². The maximum absolute atomic E-state index is 12.2. The molecule has 0 aliphatic carbocycles. The summed E-state index contributed by atoms with van der Waals surface area (Å²) in [7, 11) is 0. The van der Waals surface area contributed by atoms with E-state index in [2.05, 4.69) is 29.1 Å². The molecule has 1 aromatic rings. The number of carbonyl (C=O) groups excluding carboxylic acids is 1. The fraction of sp³-hybridized carbons (Fsp3) is 0.500. The predicted molar refractivity (Wildman–Crippen MR) is 79.3 cm³/mol. The van der Waals surface area contributed by atoms with Crippen molar-refractivity contribution in [3.8, 4) is 11.8 Å². The average molecular weight is 274 g/mol. The predicted octanol–water partition coefficient (Wildman–Crippen LogP) is 2.12. The number of hydrogen-bond acceptors (Lipinski definition) is 3. The van der Waals surface area contributed by atoms with Crippen LogP contribution in [0.5, 0.6) is 0 Å². The number of pyridine rings is 1. The molecular weight excluding hydrogens is 252 g/mol. The van der Waals surface area contributed by atoms with Gasteiger partial charge in [0.05, 0.1) is 12.2 Å². The molecule has 1 amide bonds. The number of carbonyl (C=O) groups is 1. The van der Waals surface area contributed by atoms with Crippen LogP contribution in [0.2, 0.25) is 0 Å². The van der Waals surface area contributed by atoms with Crippen molar-refractivity contribution in [2.45, 2.75) is 45.6 Å². The van der Waals surface area contributed by atoms with Crippen molar-refractivity contribution in [2.75, 3.05) is 6.61 Å². The number of aliphatic hydroxyl groups is 1. The van der Waals surface area contributed by atoms with E-state index in [0.29, 0.717) is 17.7 Å². The first kappa shape index (κ1) is 16.2. The molecule has 0 spiro atoms. The number of unbranched alkanes of at least 4 members (excludes halogenated alkanes) is 1. The third kappa shape index (κ3) is 5.41. The molecule has 20 heavy (non-hydrogen) atoms. The molecule has 0 fully saturated rings. The highest BCUT2D eigenvalue weighted by Gasteiger charge is 2.13. The van der Waals surface area contributed by atoms with Crippen LogP contribution < -0.4 is 5.32 Å². The molecule has 0 radical (unpaired) electrons. The molecule has 1 aromatic heterocycles. The molecule has 1 unspecified atom stereocenters. The van der Waals surface area contributed by atoms with E-state index in [1.807, 2.05) is 6.92 Å². The second kappa shape index (κ2) is 9.11.